The molecular formula is C18H20O2. The van der Waals surface area contributed by atoms with Gasteiger partial charge in [0.05, 0.1) is 0 Å². The van der Waals surface area contributed by atoms with Crippen molar-refractivity contribution in [2.24, 2.45) is 0 Å². The van der Waals surface area contributed by atoms with Crippen molar-refractivity contribution in [3.05, 3.63) is 65.2 Å². The number of hydrogen-bond acceptors (Lipinski definition) is 2. The van der Waals surface area contributed by atoms with Gasteiger partial charge in [-0.05, 0) is 36.1 Å². The van der Waals surface area contributed by atoms with Gasteiger partial charge < -0.3 is 4.74 Å². The van der Waals surface area contributed by atoms with Crippen LogP contribution in [-0.2, 0) is 13.0 Å². The molecule has 0 saturated heterocycles. The predicted octanol–water partition coefficient (Wildman–Crippen LogP) is 4.42. The van der Waals surface area contributed by atoms with E-state index in [2.05, 4.69) is 19.1 Å². The summed E-state index contributed by atoms with van der Waals surface area (Å²) in [7, 11) is 0. The molecule has 0 saturated carbocycles. The maximum Gasteiger partial charge on any atom is 0.150 e. The molecule has 2 heteroatoms. The zero-order valence-electron chi connectivity index (χ0n) is 11.8. The summed E-state index contributed by atoms with van der Waals surface area (Å²) in [4.78, 5) is 11.0. The number of aldehydes is 1. The Morgan fingerprint density at radius 1 is 1.10 bits per heavy atom. The van der Waals surface area contributed by atoms with Crippen molar-refractivity contribution in [1.29, 1.82) is 0 Å². The second kappa shape index (κ2) is 7.49. The van der Waals surface area contributed by atoms with Crippen LogP contribution in [0.25, 0.3) is 0 Å². The Morgan fingerprint density at radius 3 is 2.75 bits per heavy atom. The molecule has 2 rings (SSSR count). The number of carbonyl (C=O) groups is 1. The number of rotatable bonds is 7. The van der Waals surface area contributed by atoms with Crippen LogP contribution in [0.2, 0.25) is 0 Å². The van der Waals surface area contributed by atoms with Gasteiger partial charge in [-0.15, -0.1) is 0 Å². The van der Waals surface area contributed by atoms with Gasteiger partial charge in [0.1, 0.15) is 18.6 Å². The highest BCUT2D eigenvalue weighted by molar-refractivity contribution is 5.77. The molecule has 2 aromatic carbocycles. The smallest absolute Gasteiger partial charge is 0.150 e. The van der Waals surface area contributed by atoms with Gasteiger partial charge in [0.15, 0.2) is 0 Å². The van der Waals surface area contributed by atoms with Gasteiger partial charge >= 0.3 is 0 Å². The highest BCUT2D eigenvalue weighted by Gasteiger charge is 2.02. The number of carbonyl (C=O) groups excluding carboxylic acids is 1. The van der Waals surface area contributed by atoms with E-state index in [0.717, 1.165) is 24.0 Å². The maximum atomic E-state index is 11.0. The largest absolute Gasteiger partial charge is 0.489 e. The standard InChI is InChI=1S/C18H20O2/c1-2-3-7-15-8-6-11-18(12-15)20-14-17-10-5-4-9-16(17)13-19/h4-6,8-13H,2-3,7,14H2,1H3. The molecule has 2 nitrogen and oxygen atoms in total. The summed E-state index contributed by atoms with van der Waals surface area (Å²) in [6, 6.07) is 15.7. The lowest BCUT2D eigenvalue weighted by molar-refractivity contribution is 0.112. The van der Waals surface area contributed by atoms with Gasteiger partial charge in [-0.2, -0.15) is 0 Å². The third-order valence-electron chi connectivity index (χ3n) is 3.29. The van der Waals surface area contributed by atoms with Crippen molar-refractivity contribution >= 4 is 6.29 Å². The Labute approximate surface area is 120 Å². The lowest BCUT2D eigenvalue weighted by atomic mass is 10.1. The molecule has 0 radical (unpaired) electrons. The molecule has 0 bridgehead atoms. The Hall–Kier alpha value is -2.09. The lowest BCUT2D eigenvalue weighted by Crippen LogP contribution is -1.99. The molecule has 20 heavy (non-hydrogen) atoms. The van der Waals surface area contributed by atoms with Crippen LogP contribution in [0.1, 0.15) is 41.3 Å². The van der Waals surface area contributed by atoms with E-state index in [0.29, 0.717) is 12.2 Å². The minimum Gasteiger partial charge on any atom is -0.489 e. The van der Waals surface area contributed by atoms with Crippen LogP contribution in [0.15, 0.2) is 48.5 Å². The molecule has 104 valence electrons. The maximum absolute atomic E-state index is 11.0. The van der Waals surface area contributed by atoms with Gasteiger partial charge in [-0.1, -0.05) is 49.7 Å². The Morgan fingerprint density at radius 2 is 1.95 bits per heavy atom. The third-order valence-corrected chi connectivity index (χ3v) is 3.29. The summed E-state index contributed by atoms with van der Waals surface area (Å²) in [6.07, 6.45) is 4.34. The molecule has 0 aliphatic rings. The third kappa shape index (κ3) is 3.95. The minimum absolute atomic E-state index is 0.423. The number of hydrogen-bond donors (Lipinski definition) is 0. The van der Waals surface area contributed by atoms with Gasteiger partial charge in [0, 0.05) is 5.56 Å². The Balaban J connectivity index is 2.01. The average molecular weight is 268 g/mol. The predicted molar refractivity (Wildman–Crippen MR) is 81.2 cm³/mol. The second-order valence-electron chi connectivity index (χ2n) is 4.86. The van der Waals surface area contributed by atoms with Crippen molar-refractivity contribution < 1.29 is 9.53 Å². The molecule has 0 N–H and O–H groups in total. The van der Waals surface area contributed by atoms with Crippen LogP contribution in [0.3, 0.4) is 0 Å². The molecule has 0 amide bonds. The van der Waals surface area contributed by atoms with Crippen molar-refractivity contribution in [3.8, 4) is 5.75 Å². The van der Waals surface area contributed by atoms with E-state index < -0.39 is 0 Å². The fourth-order valence-corrected chi connectivity index (χ4v) is 2.11. The first-order valence-corrected chi connectivity index (χ1v) is 7.08. The van der Waals surface area contributed by atoms with Crippen LogP contribution < -0.4 is 4.74 Å². The van der Waals surface area contributed by atoms with E-state index in [1.165, 1.54) is 18.4 Å². The van der Waals surface area contributed by atoms with Gasteiger partial charge in [-0.3, -0.25) is 4.79 Å². The van der Waals surface area contributed by atoms with Crippen LogP contribution in [-0.4, -0.2) is 6.29 Å². The molecule has 0 atom stereocenters. The normalized spacial score (nSPS) is 10.2. The first kappa shape index (κ1) is 14.3. The SMILES string of the molecule is CCCCc1cccc(OCc2ccccc2C=O)c1. The first-order valence-electron chi connectivity index (χ1n) is 7.08. The van der Waals surface area contributed by atoms with Crippen LogP contribution in [0.4, 0.5) is 0 Å². The minimum atomic E-state index is 0.423. The van der Waals surface area contributed by atoms with Crippen LogP contribution in [0, 0.1) is 0 Å². The van der Waals surface area contributed by atoms with Crippen LogP contribution >= 0.6 is 0 Å². The number of benzene rings is 2. The van der Waals surface area contributed by atoms with E-state index in [4.69, 9.17) is 4.74 Å². The summed E-state index contributed by atoms with van der Waals surface area (Å²) in [5, 5.41) is 0. The van der Waals surface area contributed by atoms with E-state index in [-0.39, 0.29) is 0 Å². The molecule has 0 heterocycles. The fraction of sp³-hybridized carbons (Fsp3) is 0.278. The molecule has 0 unspecified atom stereocenters. The second-order valence-corrected chi connectivity index (χ2v) is 4.86. The zero-order valence-corrected chi connectivity index (χ0v) is 11.8. The van der Waals surface area contributed by atoms with Gasteiger partial charge in [0.2, 0.25) is 0 Å². The molecular weight excluding hydrogens is 248 g/mol. The molecule has 2 aromatic rings. The van der Waals surface area contributed by atoms with Gasteiger partial charge in [-0.25, -0.2) is 0 Å². The van der Waals surface area contributed by atoms with E-state index in [1.54, 1.807) is 0 Å². The quantitative estimate of drug-likeness (QED) is 0.695. The summed E-state index contributed by atoms with van der Waals surface area (Å²) in [5.74, 6) is 0.860. The molecule has 0 spiro atoms. The van der Waals surface area contributed by atoms with Crippen molar-refractivity contribution in [3.63, 3.8) is 0 Å². The van der Waals surface area contributed by atoms with Crippen molar-refractivity contribution in [2.45, 2.75) is 32.8 Å². The van der Waals surface area contributed by atoms with E-state index in [1.807, 2.05) is 36.4 Å². The average Bonchev–Trinajstić information content (AvgIpc) is 2.51. The summed E-state index contributed by atoms with van der Waals surface area (Å²) >= 11 is 0. The molecule has 0 aliphatic carbocycles. The van der Waals surface area contributed by atoms with E-state index in [9.17, 15) is 4.79 Å². The monoisotopic (exact) mass is 268 g/mol. The van der Waals surface area contributed by atoms with E-state index >= 15 is 0 Å². The lowest BCUT2D eigenvalue weighted by Gasteiger charge is -2.09. The Kier molecular flexibility index (Phi) is 5.36. The summed E-state index contributed by atoms with van der Waals surface area (Å²) in [6.45, 7) is 2.61. The Bertz CT molecular complexity index is 561. The molecule has 0 aliphatic heterocycles. The highest BCUT2D eigenvalue weighted by atomic mass is 16.5. The topological polar surface area (TPSA) is 26.3 Å². The number of unbranched alkanes of at least 4 members (excludes halogenated alkanes) is 1. The molecule has 0 fully saturated rings. The zero-order chi connectivity index (χ0) is 14.2. The molecule has 0 aromatic heterocycles. The van der Waals surface area contributed by atoms with Crippen LogP contribution in [0.5, 0.6) is 5.75 Å². The highest BCUT2D eigenvalue weighted by Crippen LogP contribution is 2.17. The fourth-order valence-electron chi connectivity index (χ4n) is 2.11. The first-order chi connectivity index (χ1) is 9.83. The summed E-state index contributed by atoms with van der Waals surface area (Å²) in [5.41, 5.74) is 2.91. The van der Waals surface area contributed by atoms with Crippen molar-refractivity contribution in [1.82, 2.24) is 0 Å². The van der Waals surface area contributed by atoms with Crippen molar-refractivity contribution in [2.75, 3.05) is 0 Å². The van der Waals surface area contributed by atoms with Gasteiger partial charge in [0.25, 0.3) is 0 Å². The number of aryl methyl sites for hydroxylation is 1. The number of ether oxygens (including phenoxy) is 1. The summed E-state index contributed by atoms with van der Waals surface area (Å²) < 4.78 is 5.80.